The largest absolute Gasteiger partial charge is 0.377 e. The van der Waals surface area contributed by atoms with Gasteiger partial charge in [-0.2, -0.15) is 0 Å². The lowest BCUT2D eigenvalue weighted by Gasteiger charge is -2.56. The van der Waals surface area contributed by atoms with Crippen LogP contribution in [0.15, 0.2) is 47.6 Å². The van der Waals surface area contributed by atoms with E-state index in [-0.39, 0.29) is 10.8 Å². The summed E-state index contributed by atoms with van der Waals surface area (Å²) in [5, 5.41) is 22.4. The van der Waals surface area contributed by atoms with Crippen molar-refractivity contribution in [3.8, 4) is 24.7 Å². The first-order chi connectivity index (χ1) is 22.5. The fourth-order valence-corrected chi connectivity index (χ4v) is 13.9. The van der Waals surface area contributed by atoms with Crippen molar-refractivity contribution in [3.05, 3.63) is 47.6 Å². The van der Waals surface area contributed by atoms with E-state index in [1.807, 2.05) is 6.08 Å². The van der Waals surface area contributed by atoms with E-state index in [1.54, 1.807) is 5.57 Å². The van der Waals surface area contributed by atoms with Crippen LogP contribution in [-0.4, -0.2) is 27.2 Å². The second-order valence-electron chi connectivity index (χ2n) is 17.1. The number of terminal acetylenes is 2. The monoisotopic (exact) mass is 634 g/mol. The molecule has 6 saturated carbocycles. The number of hydrogen-bond acceptors (Lipinski definition) is 3. The highest BCUT2D eigenvalue weighted by Gasteiger charge is 2.65. The molecule has 0 saturated heterocycles. The third-order valence-corrected chi connectivity index (χ3v) is 16.0. The maximum Gasteiger partial charge on any atom is 0.155 e. The molecule has 12 atom stereocenters. The highest BCUT2D eigenvalue weighted by atomic mass is 16.3. The lowest BCUT2D eigenvalue weighted by molar-refractivity contribution is -0.116. The van der Waals surface area contributed by atoms with Gasteiger partial charge in [-0.05, 0) is 156 Å². The fraction of sp³-hybridized carbons (Fsp3) is 0.705. The quantitative estimate of drug-likeness (QED) is 0.236. The molecule has 3 nitrogen and oxygen atoms in total. The maximum absolute atomic E-state index is 11.8. The topological polar surface area (TPSA) is 57.5 Å². The number of rotatable bonds is 2. The predicted molar refractivity (Wildman–Crippen MR) is 190 cm³/mol. The smallest absolute Gasteiger partial charge is 0.155 e. The van der Waals surface area contributed by atoms with Crippen LogP contribution in [0.1, 0.15) is 123 Å². The second kappa shape index (κ2) is 11.9. The van der Waals surface area contributed by atoms with E-state index in [1.165, 1.54) is 48.8 Å². The summed E-state index contributed by atoms with van der Waals surface area (Å²) in [6.45, 7) is 13.4. The Bertz CT molecular complexity index is 1480. The van der Waals surface area contributed by atoms with Crippen LogP contribution in [0.4, 0.5) is 0 Å². The fourth-order valence-electron chi connectivity index (χ4n) is 13.9. The van der Waals surface area contributed by atoms with Crippen LogP contribution >= 0.6 is 0 Å². The van der Waals surface area contributed by atoms with Crippen molar-refractivity contribution >= 4 is 5.78 Å². The number of aliphatic hydroxyl groups is 2. The van der Waals surface area contributed by atoms with Crippen molar-refractivity contribution < 1.29 is 15.0 Å². The van der Waals surface area contributed by atoms with Gasteiger partial charge in [0.15, 0.2) is 5.78 Å². The van der Waals surface area contributed by atoms with Gasteiger partial charge in [0.25, 0.3) is 0 Å². The molecule has 6 unspecified atom stereocenters. The highest BCUT2D eigenvalue weighted by molar-refractivity contribution is 5.91. The van der Waals surface area contributed by atoms with Gasteiger partial charge in [0, 0.05) is 17.3 Å². The van der Waals surface area contributed by atoms with Crippen molar-refractivity contribution in [2.24, 2.45) is 58.2 Å². The van der Waals surface area contributed by atoms with Crippen molar-refractivity contribution in [2.75, 3.05) is 0 Å². The van der Waals surface area contributed by atoms with E-state index in [2.05, 4.69) is 44.9 Å². The van der Waals surface area contributed by atoms with Crippen LogP contribution in [0.2, 0.25) is 0 Å². The average molecular weight is 635 g/mol. The number of ketones is 1. The number of carbonyl (C=O) groups excluding carboxylic acids is 1. The van der Waals surface area contributed by atoms with Crippen molar-refractivity contribution in [1.82, 2.24) is 0 Å². The Morgan fingerprint density at radius 2 is 1.28 bits per heavy atom. The van der Waals surface area contributed by atoms with E-state index in [9.17, 15) is 15.0 Å². The van der Waals surface area contributed by atoms with E-state index in [4.69, 9.17) is 12.8 Å². The molecule has 47 heavy (non-hydrogen) atoms. The third-order valence-electron chi connectivity index (χ3n) is 16.0. The van der Waals surface area contributed by atoms with Gasteiger partial charge in [0.1, 0.15) is 11.2 Å². The standard InChI is InChI=1S/C22H28O2.C22H30O/c1-4-21-13-14(3)20-17-9-7-16(23)12-15(17)6-8-18(20)19(21)10-11-22(21,24)5-2;1-4-21-14-15(3)20-17-9-7-6-8-16(17)10-11-18(20)19(21)12-13-22(21,23)5-2/h2,12,17-20,24H,3-4,6-11,13H2,1H3;2,8,17-20,23H,3-4,6-7,9-14H2,1H3/t;17-,18-,19-,20+,21-,22-/m.0/s1. The molecule has 8 rings (SSSR count). The maximum atomic E-state index is 11.8. The highest BCUT2D eigenvalue weighted by Crippen LogP contribution is 2.68. The van der Waals surface area contributed by atoms with Crippen LogP contribution in [0.3, 0.4) is 0 Å². The molecule has 0 bridgehead atoms. The van der Waals surface area contributed by atoms with Gasteiger partial charge in [0.2, 0.25) is 0 Å². The summed E-state index contributed by atoms with van der Waals surface area (Å²) in [6, 6.07) is 0. The third kappa shape index (κ3) is 4.65. The first kappa shape index (κ1) is 33.2. The zero-order chi connectivity index (χ0) is 33.4. The Balaban J connectivity index is 0.000000150. The molecule has 0 heterocycles. The zero-order valence-electron chi connectivity index (χ0n) is 29.2. The summed E-state index contributed by atoms with van der Waals surface area (Å²) < 4.78 is 0. The van der Waals surface area contributed by atoms with Crippen LogP contribution in [0.25, 0.3) is 0 Å². The summed E-state index contributed by atoms with van der Waals surface area (Å²) in [4.78, 5) is 11.8. The number of carbonyl (C=O) groups is 1. The Hall–Kier alpha value is -2.33. The number of allylic oxidation sites excluding steroid dienone is 5. The van der Waals surface area contributed by atoms with Gasteiger partial charge >= 0.3 is 0 Å². The first-order valence-electron chi connectivity index (χ1n) is 19.2. The van der Waals surface area contributed by atoms with E-state index >= 15 is 0 Å². The van der Waals surface area contributed by atoms with Crippen molar-refractivity contribution in [2.45, 2.75) is 134 Å². The van der Waals surface area contributed by atoms with Crippen LogP contribution < -0.4 is 0 Å². The molecule has 0 spiro atoms. The molecule has 6 fully saturated rings. The predicted octanol–water partition coefficient (Wildman–Crippen LogP) is 8.92. The van der Waals surface area contributed by atoms with E-state index in [0.717, 1.165) is 76.5 Å². The Kier molecular flexibility index (Phi) is 8.42. The zero-order valence-corrected chi connectivity index (χ0v) is 29.2. The molecular weight excluding hydrogens is 576 g/mol. The van der Waals surface area contributed by atoms with Gasteiger partial charge in [-0.25, -0.2) is 0 Å². The molecular formula is C44H58O3. The van der Waals surface area contributed by atoms with E-state index in [0.29, 0.717) is 53.6 Å². The normalized spacial score (nSPS) is 48.0. The minimum atomic E-state index is -0.973. The summed E-state index contributed by atoms with van der Waals surface area (Å²) in [5.41, 5.74) is 3.55. The average Bonchev–Trinajstić information content (AvgIpc) is 3.56. The molecule has 0 aliphatic heterocycles. The lowest BCUT2D eigenvalue weighted by atomic mass is 9.48. The number of hydrogen-bond donors (Lipinski definition) is 2. The molecule has 0 radical (unpaired) electrons. The lowest BCUT2D eigenvalue weighted by Crippen LogP contribution is -2.54. The molecule has 0 aromatic carbocycles. The van der Waals surface area contributed by atoms with E-state index < -0.39 is 11.2 Å². The van der Waals surface area contributed by atoms with Crippen LogP contribution in [-0.2, 0) is 4.79 Å². The Morgan fingerprint density at radius 1 is 0.766 bits per heavy atom. The molecule has 2 N–H and O–H groups in total. The SMILES string of the molecule is C#CC1(O)CCC2C3CCC4=CC(=O)CCC4C3C(=C)CC21CC.C#C[C@]1(O)CC[C@H]2[C@@H]3CCC4=CCCC[C@@H]4[C@H]3C(=C)C[C@@]21CC. The molecule has 0 amide bonds. The minimum absolute atomic E-state index is 0.115. The molecule has 8 aliphatic carbocycles. The van der Waals surface area contributed by atoms with Gasteiger partial charge < -0.3 is 10.2 Å². The van der Waals surface area contributed by atoms with Gasteiger partial charge in [-0.15, -0.1) is 12.8 Å². The first-order valence-corrected chi connectivity index (χ1v) is 19.2. The summed E-state index contributed by atoms with van der Waals surface area (Å²) in [6.07, 6.45) is 33.7. The van der Waals surface area contributed by atoms with Crippen LogP contribution in [0, 0.1) is 82.9 Å². The molecule has 3 heteroatoms. The van der Waals surface area contributed by atoms with Crippen molar-refractivity contribution in [3.63, 3.8) is 0 Å². The second-order valence-corrected chi connectivity index (χ2v) is 17.1. The number of fused-ring (bicyclic) bond motifs is 10. The molecule has 8 aliphatic rings. The molecule has 252 valence electrons. The molecule has 0 aromatic rings. The Morgan fingerprint density at radius 3 is 1.79 bits per heavy atom. The summed E-state index contributed by atoms with van der Waals surface area (Å²) in [7, 11) is 0. The van der Waals surface area contributed by atoms with Crippen molar-refractivity contribution in [1.29, 1.82) is 0 Å². The summed E-state index contributed by atoms with van der Waals surface area (Å²) >= 11 is 0. The van der Waals surface area contributed by atoms with Gasteiger partial charge in [-0.3, -0.25) is 4.79 Å². The van der Waals surface area contributed by atoms with Crippen LogP contribution in [0.5, 0.6) is 0 Å². The minimum Gasteiger partial charge on any atom is -0.377 e. The Labute approximate surface area is 284 Å². The molecule has 0 aromatic heterocycles. The van der Waals surface area contributed by atoms with Gasteiger partial charge in [0.05, 0.1) is 0 Å². The summed E-state index contributed by atoms with van der Waals surface area (Å²) in [5.74, 6) is 10.6. The van der Waals surface area contributed by atoms with Gasteiger partial charge in [-0.1, -0.05) is 67.2 Å².